The second-order valence-corrected chi connectivity index (χ2v) is 9.36. The highest BCUT2D eigenvalue weighted by atomic mass is 35.5. The van der Waals surface area contributed by atoms with Gasteiger partial charge in [-0.2, -0.15) is 15.3 Å². The van der Waals surface area contributed by atoms with Crippen molar-refractivity contribution in [3.8, 4) is 11.4 Å². The summed E-state index contributed by atoms with van der Waals surface area (Å²) in [5.74, 6) is -0.310. The minimum Gasteiger partial charge on any atom is -0.266 e. The van der Waals surface area contributed by atoms with Gasteiger partial charge in [0, 0.05) is 10.4 Å². The van der Waals surface area contributed by atoms with Crippen LogP contribution in [-0.4, -0.2) is 31.7 Å². The first-order valence-corrected chi connectivity index (χ1v) is 11.9. The molecule has 1 amide bonds. The minimum absolute atomic E-state index is 0.310. The summed E-state index contributed by atoms with van der Waals surface area (Å²) in [5.41, 5.74) is 6.45. The van der Waals surface area contributed by atoms with Gasteiger partial charge < -0.3 is 0 Å². The molecule has 1 N–H and O–H groups in total. The fourth-order valence-corrected chi connectivity index (χ4v) is 5.04. The van der Waals surface area contributed by atoms with Gasteiger partial charge in [-0.15, -0.1) is 11.3 Å². The second kappa shape index (κ2) is 9.06. The van der Waals surface area contributed by atoms with Gasteiger partial charge in [0.2, 0.25) is 0 Å². The fraction of sp³-hybridized carbons (Fsp3) is 0.0833. The van der Waals surface area contributed by atoms with Crippen molar-refractivity contribution in [3.05, 3.63) is 92.7 Å². The van der Waals surface area contributed by atoms with Gasteiger partial charge in [-0.05, 0) is 56.3 Å². The number of nitrogens with one attached hydrogen (secondary N) is 1. The minimum atomic E-state index is -0.310. The SMILES string of the molecule is Cc1nn(-c2ccc(Cl)cc2)c(Cl)c1/C=N\NC(=O)c1cc2c(C)nn(-c3ccccc3)c2s1. The first-order chi connectivity index (χ1) is 16.4. The molecule has 0 saturated heterocycles. The molecule has 0 unspecified atom stereocenters. The van der Waals surface area contributed by atoms with Crippen LogP contribution in [0.4, 0.5) is 0 Å². The van der Waals surface area contributed by atoms with Gasteiger partial charge in [0.25, 0.3) is 5.91 Å². The molecule has 7 nitrogen and oxygen atoms in total. The normalized spacial score (nSPS) is 11.5. The van der Waals surface area contributed by atoms with Crippen molar-refractivity contribution in [3.63, 3.8) is 0 Å². The Labute approximate surface area is 209 Å². The lowest BCUT2D eigenvalue weighted by atomic mass is 10.3. The number of halogens is 2. The van der Waals surface area contributed by atoms with Gasteiger partial charge in [0.1, 0.15) is 9.98 Å². The molecule has 5 aromatic rings. The number of carbonyl (C=O) groups is 1. The van der Waals surface area contributed by atoms with E-state index in [2.05, 4.69) is 20.7 Å². The molecular weight excluding hydrogens is 491 g/mol. The van der Waals surface area contributed by atoms with E-state index in [9.17, 15) is 4.79 Å². The topological polar surface area (TPSA) is 77.1 Å². The van der Waals surface area contributed by atoms with Crippen LogP contribution in [-0.2, 0) is 0 Å². The standard InChI is InChI=1S/C24H18Cl2N6OS/c1-14-19-12-21(34-24(19)32(30-14)17-6-4-3-5-7-17)23(33)28-27-13-20-15(2)29-31(22(20)26)18-10-8-16(25)9-11-18/h3-13H,1-2H3,(H,28,33)/b27-13-. The molecule has 0 spiro atoms. The number of hydrogen-bond donors (Lipinski definition) is 1. The van der Waals surface area contributed by atoms with Gasteiger partial charge in [-0.3, -0.25) is 4.79 Å². The molecule has 170 valence electrons. The maximum atomic E-state index is 12.8. The van der Waals surface area contributed by atoms with Crippen LogP contribution in [0.25, 0.3) is 21.6 Å². The third-order valence-corrected chi connectivity index (χ3v) is 6.97. The number of benzene rings is 2. The molecule has 3 aromatic heterocycles. The summed E-state index contributed by atoms with van der Waals surface area (Å²) >= 11 is 13.9. The molecule has 0 aliphatic rings. The Balaban J connectivity index is 1.37. The molecular formula is C24H18Cl2N6OS. The van der Waals surface area contributed by atoms with E-state index >= 15 is 0 Å². The van der Waals surface area contributed by atoms with Gasteiger partial charge in [-0.1, -0.05) is 41.4 Å². The van der Waals surface area contributed by atoms with E-state index in [0.717, 1.165) is 27.3 Å². The Hall–Kier alpha value is -3.46. The molecule has 0 radical (unpaired) electrons. The lowest BCUT2D eigenvalue weighted by Crippen LogP contribution is -2.16. The zero-order chi connectivity index (χ0) is 23.8. The monoisotopic (exact) mass is 508 g/mol. The van der Waals surface area contributed by atoms with Crippen LogP contribution in [0, 0.1) is 13.8 Å². The summed E-state index contributed by atoms with van der Waals surface area (Å²) in [6, 6.07) is 18.8. The first kappa shape index (κ1) is 22.3. The van der Waals surface area contributed by atoms with E-state index in [0.29, 0.717) is 26.3 Å². The van der Waals surface area contributed by atoms with E-state index in [-0.39, 0.29) is 5.91 Å². The van der Waals surface area contributed by atoms with E-state index in [4.69, 9.17) is 23.2 Å². The van der Waals surface area contributed by atoms with E-state index in [1.165, 1.54) is 17.6 Å². The first-order valence-electron chi connectivity index (χ1n) is 10.3. The summed E-state index contributed by atoms with van der Waals surface area (Å²) in [6.07, 6.45) is 1.50. The second-order valence-electron chi connectivity index (χ2n) is 7.54. The average molecular weight is 509 g/mol. The van der Waals surface area contributed by atoms with Crippen molar-refractivity contribution in [2.45, 2.75) is 13.8 Å². The number of para-hydroxylation sites is 1. The molecule has 3 heterocycles. The lowest BCUT2D eigenvalue weighted by Gasteiger charge is -2.02. The fourth-order valence-electron chi connectivity index (χ4n) is 3.53. The molecule has 2 aromatic carbocycles. The summed E-state index contributed by atoms with van der Waals surface area (Å²) in [7, 11) is 0. The van der Waals surface area contributed by atoms with Gasteiger partial charge in [0.15, 0.2) is 0 Å². The van der Waals surface area contributed by atoms with Crippen LogP contribution in [0.2, 0.25) is 10.2 Å². The summed E-state index contributed by atoms with van der Waals surface area (Å²) in [5, 5.41) is 15.1. The Morgan fingerprint density at radius 1 is 0.971 bits per heavy atom. The maximum Gasteiger partial charge on any atom is 0.281 e. The zero-order valence-corrected chi connectivity index (χ0v) is 20.5. The van der Waals surface area contributed by atoms with Gasteiger partial charge >= 0.3 is 0 Å². The number of hydrogen-bond acceptors (Lipinski definition) is 5. The average Bonchev–Trinajstić information content (AvgIpc) is 3.49. The van der Waals surface area contributed by atoms with E-state index < -0.39 is 0 Å². The van der Waals surface area contributed by atoms with Crippen LogP contribution in [0.1, 0.15) is 26.6 Å². The van der Waals surface area contributed by atoms with Crippen molar-refractivity contribution in [2.75, 3.05) is 0 Å². The number of aromatic nitrogens is 4. The van der Waals surface area contributed by atoms with Gasteiger partial charge in [-0.25, -0.2) is 14.8 Å². The van der Waals surface area contributed by atoms with Crippen molar-refractivity contribution >= 4 is 56.9 Å². The molecule has 10 heteroatoms. The smallest absolute Gasteiger partial charge is 0.266 e. The number of aryl methyl sites for hydroxylation is 2. The Bertz CT molecular complexity index is 1530. The number of amides is 1. The largest absolute Gasteiger partial charge is 0.281 e. The van der Waals surface area contributed by atoms with E-state index in [1.54, 1.807) is 16.8 Å². The van der Waals surface area contributed by atoms with Crippen molar-refractivity contribution in [1.29, 1.82) is 0 Å². The third-order valence-electron chi connectivity index (χ3n) is 5.25. The van der Waals surface area contributed by atoms with Crippen molar-refractivity contribution < 1.29 is 4.79 Å². The summed E-state index contributed by atoms with van der Waals surface area (Å²) < 4.78 is 3.45. The molecule has 0 aliphatic heterocycles. The van der Waals surface area contributed by atoms with Crippen LogP contribution in [0.15, 0.2) is 65.8 Å². The Kier molecular flexibility index (Phi) is 5.95. The molecule has 34 heavy (non-hydrogen) atoms. The quantitative estimate of drug-likeness (QED) is 0.235. The predicted octanol–water partition coefficient (Wildman–Crippen LogP) is 5.96. The number of hydrazone groups is 1. The number of nitrogens with zero attached hydrogens (tertiary/aromatic N) is 5. The number of carbonyl (C=O) groups excluding carboxylic acids is 1. The number of rotatable bonds is 5. The number of thiophene rings is 1. The molecule has 5 rings (SSSR count). The molecule has 0 atom stereocenters. The maximum absolute atomic E-state index is 12.8. The molecule has 0 bridgehead atoms. The van der Waals surface area contributed by atoms with Crippen LogP contribution < -0.4 is 5.43 Å². The third kappa shape index (κ3) is 4.11. The van der Waals surface area contributed by atoms with Gasteiger partial charge in [0.05, 0.1) is 39.4 Å². The number of fused-ring (bicyclic) bond motifs is 1. The zero-order valence-electron chi connectivity index (χ0n) is 18.2. The Morgan fingerprint density at radius 2 is 1.65 bits per heavy atom. The van der Waals surface area contributed by atoms with Crippen molar-refractivity contribution in [2.24, 2.45) is 5.10 Å². The lowest BCUT2D eigenvalue weighted by molar-refractivity contribution is 0.0959. The highest BCUT2D eigenvalue weighted by molar-refractivity contribution is 7.20. The van der Waals surface area contributed by atoms with Crippen LogP contribution in [0.3, 0.4) is 0 Å². The highest BCUT2D eigenvalue weighted by Gasteiger charge is 2.17. The highest BCUT2D eigenvalue weighted by Crippen LogP contribution is 2.30. The predicted molar refractivity (Wildman–Crippen MR) is 137 cm³/mol. The molecule has 0 fully saturated rings. The van der Waals surface area contributed by atoms with Crippen LogP contribution >= 0.6 is 34.5 Å². The summed E-state index contributed by atoms with van der Waals surface area (Å²) in [6.45, 7) is 3.75. The van der Waals surface area contributed by atoms with E-state index in [1.807, 2.05) is 67.1 Å². The van der Waals surface area contributed by atoms with Crippen molar-refractivity contribution in [1.82, 2.24) is 25.0 Å². The van der Waals surface area contributed by atoms with Crippen LogP contribution in [0.5, 0.6) is 0 Å². The molecule has 0 saturated carbocycles. The Morgan fingerprint density at radius 3 is 2.38 bits per heavy atom. The summed E-state index contributed by atoms with van der Waals surface area (Å²) in [4.78, 5) is 14.2. The molecule has 0 aliphatic carbocycles.